The summed E-state index contributed by atoms with van der Waals surface area (Å²) in [6.45, 7) is 1.89. The Morgan fingerprint density at radius 3 is 2.47 bits per heavy atom. The molecular weight excluding hydrogens is 194 g/mol. The number of rotatable bonds is 5. The van der Waals surface area contributed by atoms with Crippen LogP contribution in [0, 0.1) is 0 Å². The number of carbonyl (C=O) groups is 1. The van der Waals surface area contributed by atoms with E-state index in [0.717, 1.165) is 5.56 Å². The lowest BCUT2D eigenvalue weighted by Gasteiger charge is -2.16. The second-order valence-electron chi connectivity index (χ2n) is 3.42. The maximum Gasteiger partial charge on any atom is 0.323 e. The minimum Gasteiger partial charge on any atom is -0.480 e. The van der Waals surface area contributed by atoms with Gasteiger partial charge < -0.3 is 10.2 Å². The van der Waals surface area contributed by atoms with Crippen LogP contribution in [0.4, 0.5) is 0 Å². The molecule has 3 N–H and O–H groups in total. The lowest BCUT2D eigenvalue weighted by Crippen LogP contribution is -2.44. The van der Waals surface area contributed by atoms with Crippen molar-refractivity contribution < 1.29 is 15.0 Å². The number of aliphatic hydroxyl groups excluding tert-OH is 1. The number of nitrogens with one attached hydrogen (secondary N) is 1. The second-order valence-corrected chi connectivity index (χ2v) is 3.42. The first-order valence-electron chi connectivity index (χ1n) is 4.79. The highest BCUT2D eigenvalue weighted by Gasteiger charge is 2.21. The zero-order valence-electron chi connectivity index (χ0n) is 8.55. The van der Waals surface area contributed by atoms with Gasteiger partial charge in [0.05, 0.1) is 6.10 Å². The van der Waals surface area contributed by atoms with Gasteiger partial charge in [0.25, 0.3) is 0 Å². The smallest absolute Gasteiger partial charge is 0.323 e. The van der Waals surface area contributed by atoms with Crippen molar-refractivity contribution in [3.63, 3.8) is 0 Å². The van der Waals surface area contributed by atoms with Crippen molar-refractivity contribution in [2.45, 2.75) is 25.6 Å². The van der Waals surface area contributed by atoms with E-state index >= 15 is 0 Å². The van der Waals surface area contributed by atoms with Crippen LogP contribution in [-0.4, -0.2) is 28.3 Å². The topological polar surface area (TPSA) is 69.6 Å². The van der Waals surface area contributed by atoms with E-state index in [9.17, 15) is 9.90 Å². The first-order valence-corrected chi connectivity index (χ1v) is 4.79. The molecule has 0 aliphatic rings. The first kappa shape index (κ1) is 11.7. The van der Waals surface area contributed by atoms with Gasteiger partial charge in [0, 0.05) is 6.54 Å². The number of aliphatic carboxylic acids is 1. The van der Waals surface area contributed by atoms with Crippen LogP contribution in [-0.2, 0) is 11.3 Å². The molecule has 0 spiro atoms. The molecule has 0 radical (unpaired) electrons. The monoisotopic (exact) mass is 209 g/mol. The number of hydrogen-bond donors (Lipinski definition) is 3. The van der Waals surface area contributed by atoms with Crippen molar-refractivity contribution >= 4 is 5.97 Å². The van der Waals surface area contributed by atoms with Crippen LogP contribution in [0.15, 0.2) is 30.3 Å². The summed E-state index contributed by atoms with van der Waals surface area (Å²) >= 11 is 0. The molecule has 1 aromatic carbocycles. The quantitative estimate of drug-likeness (QED) is 0.664. The van der Waals surface area contributed by atoms with Gasteiger partial charge in [-0.05, 0) is 12.5 Å². The molecule has 0 saturated carbocycles. The second kappa shape index (κ2) is 5.48. The molecule has 0 heterocycles. The summed E-state index contributed by atoms with van der Waals surface area (Å²) in [4.78, 5) is 10.7. The Kier molecular flexibility index (Phi) is 4.27. The fraction of sp³-hybridized carbons (Fsp3) is 0.364. The van der Waals surface area contributed by atoms with Crippen LogP contribution in [0.25, 0.3) is 0 Å². The Morgan fingerprint density at radius 2 is 2.00 bits per heavy atom. The van der Waals surface area contributed by atoms with Gasteiger partial charge >= 0.3 is 5.97 Å². The molecule has 0 aliphatic heterocycles. The fourth-order valence-electron chi connectivity index (χ4n) is 1.29. The number of carboxylic acid groups (broad SMARTS) is 1. The van der Waals surface area contributed by atoms with E-state index in [-0.39, 0.29) is 0 Å². The van der Waals surface area contributed by atoms with Crippen molar-refractivity contribution in [3.8, 4) is 0 Å². The number of aliphatic hydroxyl groups is 1. The standard InChI is InChI=1S/C11H15NO3/c1-8(13)10(11(14)15)12-7-9-5-3-2-4-6-9/h2-6,8,10,12-13H,7H2,1H3,(H,14,15)/t8-,10+/m1/s1. The summed E-state index contributed by atoms with van der Waals surface area (Å²) in [5.41, 5.74) is 0.990. The van der Waals surface area contributed by atoms with Crippen molar-refractivity contribution in [2.24, 2.45) is 0 Å². The van der Waals surface area contributed by atoms with E-state index in [4.69, 9.17) is 5.11 Å². The Balaban J connectivity index is 2.51. The van der Waals surface area contributed by atoms with Crippen LogP contribution in [0.3, 0.4) is 0 Å². The summed E-state index contributed by atoms with van der Waals surface area (Å²) in [5.74, 6) is -1.04. The third-order valence-corrected chi connectivity index (χ3v) is 2.12. The summed E-state index contributed by atoms with van der Waals surface area (Å²) in [6, 6.07) is 8.53. The van der Waals surface area contributed by atoms with Crippen LogP contribution < -0.4 is 5.32 Å². The average molecular weight is 209 g/mol. The Bertz CT molecular complexity index is 311. The van der Waals surface area contributed by atoms with E-state index in [2.05, 4.69) is 5.32 Å². The Labute approximate surface area is 88.6 Å². The molecule has 15 heavy (non-hydrogen) atoms. The molecule has 2 atom stereocenters. The largest absolute Gasteiger partial charge is 0.480 e. The molecule has 1 rings (SSSR count). The van der Waals surface area contributed by atoms with E-state index in [0.29, 0.717) is 6.54 Å². The average Bonchev–Trinajstić information content (AvgIpc) is 2.18. The van der Waals surface area contributed by atoms with Gasteiger partial charge in [-0.25, -0.2) is 0 Å². The van der Waals surface area contributed by atoms with Crippen molar-refractivity contribution in [1.82, 2.24) is 5.32 Å². The lowest BCUT2D eigenvalue weighted by atomic mass is 10.1. The van der Waals surface area contributed by atoms with Crippen molar-refractivity contribution in [3.05, 3.63) is 35.9 Å². The highest BCUT2D eigenvalue weighted by molar-refractivity contribution is 5.74. The third kappa shape index (κ3) is 3.69. The third-order valence-electron chi connectivity index (χ3n) is 2.12. The molecular formula is C11H15NO3. The van der Waals surface area contributed by atoms with Crippen LogP contribution in [0.1, 0.15) is 12.5 Å². The molecule has 1 aromatic rings. The van der Waals surface area contributed by atoms with Gasteiger partial charge in [-0.1, -0.05) is 30.3 Å². The highest BCUT2D eigenvalue weighted by Crippen LogP contribution is 2.00. The van der Waals surface area contributed by atoms with Crippen LogP contribution >= 0.6 is 0 Å². The molecule has 0 bridgehead atoms. The van der Waals surface area contributed by atoms with E-state index in [1.165, 1.54) is 6.92 Å². The zero-order valence-corrected chi connectivity index (χ0v) is 8.55. The lowest BCUT2D eigenvalue weighted by molar-refractivity contribution is -0.142. The van der Waals surface area contributed by atoms with Gasteiger partial charge in [0.1, 0.15) is 6.04 Å². The first-order chi connectivity index (χ1) is 7.11. The molecule has 0 saturated heterocycles. The minimum atomic E-state index is -1.04. The number of hydrogen-bond acceptors (Lipinski definition) is 3. The van der Waals surface area contributed by atoms with Crippen LogP contribution in [0.5, 0.6) is 0 Å². The van der Waals surface area contributed by atoms with Crippen molar-refractivity contribution in [2.75, 3.05) is 0 Å². The predicted octanol–water partition coefficient (Wildman–Crippen LogP) is 0.610. The number of carboxylic acids is 1. The normalized spacial score (nSPS) is 14.5. The van der Waals surface area contributed by atoms with Gasteiger partial charge in [-0.15, -0.1) is 0 Å². The zero-order chi connectivity index (χ0) is 11.3. The molecule has 0 unspecified atom stereocenters. The van der Waals surface area contributed by atoms with Gasteiger partial charge in [-0.2, -0.15) is 0 Å². The van der Waals surface area contributed by atoms with Gasteiger partial charge in [0.2, 0.25) is 0 Å². The summed E-state index contributed by atoms with van der Waals surface area (Å²) in [7, 11) is 0. The molecule has 0 aromatic heterocycles. The van der Waals surface area contributed by atoms with Crippen molar-refractivity contribution in [1.29, 1.82) is 0 Å². The highest BCUT2D eigenvalue weighted by atomic mass is 16.4. The molecule has 82 valence electrons. The maximum atomic E-state index is 10.7. The summed E-state index contributed by atoms with van der Waals surface area (Å²) < 4.78 is 0. The van der Waals surface area contributed by atoms with E-state index in [1.54, 1.807) is 0 Å². The minimum absolute atomic E-state index is 0.433. The molecule has 4 heteroatoms. The molecule has 0 amide bonds. The SMILES string of the molecule is C[C@@H](O)[C@H](NCc1ccccc1)C(=O)O. The molecule has 0 fully saturated rings. The van der Waals surface area contributed by atoms with E-state index in [1.807, 2.05) is 30.3 Å². The fourth-order valence-corrected chi connectivity index (χ4v) is 1.29. The van der Waals surface area contributed by atoms with Gasteiger partial charge in [-0.3, -0.25) is 10.1 Å². The summed E-state index contributed by atoms with van der Waals surface area (Å²) in [6.07, 6.45) is -0.911. The van der Waals surface area contributed by atoms with E-state index < -0.39 is 18.1 Å². The van der Waals surface area contributed by atoms with Gasteiger partial charge in [0.15, 0.2) is 0 Å². The Hall–Kier alpha value is -1.39. The maximum absolute atomic E-state index is 10.7. The number of benzene rings is 1. The molecule has 0 aliphatic carbocycles. The molecule has 4 nitrogen and oxygen atoms in total. The Morgan fingerprint density at radius 1 is 1.40 bits per heavy atom. The van der Waals surface area contributed by atoms with Crippen LogP contribution in [0.2, 0.25) is 0 Å². The summed E-state index contributed by atoms with van der Waals surface area (Å²) in [5, 5.41) is 20.8. The predicted molar refractivity (Wildman–Crippen MR) is 56.4 cm³/mol.